The number of phenolic OH excluding ortho intramolecular Hbond substituents is 1. The van der Waals surface area contributed by atoms with Crippen LogP contribution in [-0.4, -0.2) is 16.3 Å². The molecule has 2 aromatic rings. The van der Waals surface area contributed by atoms with Gasteiger partial charge in [-0.25, -0.2) is 0 Å². The van der Waals surface area contributed by atoms with Gasteiger partial charge in [0, 0.05) is 29.0 Å². The quantitative estimate of drug-likeness (QED) is 0.878. The Kier molecular flexibility index (Phi) is 3.60. The van der Waals surface area contributed by atoms with Gasteiger partial charge in [0.15, 0.2) is 0 Å². The number of aliphatic hydroxyl groups is 1. The summed E-state index contributed by atoms with van der Waals surface area (Å²) in [5.41, 5.74) is 4.09. The van der Waals surface area contributed by atoms with Gasteiger partial charge in [0.25, 0.3) is 0 Å². The van der Waals surface area contributed by atoms with Gasteiger partial charge in [-0.05, 0) is 44.4 Å². The van der Waals surface area contributed by atoms with Crippen LogP contribution in [0.1, 0.15) is 37.5 Å². The molecule has 0 saturated carbocycles. The van der Waals surface area contributed by atoms with Crippen molar-refractivity contribution in [2.45, 2.75) is 38.8 Å². The fraction of sp³-hybridized carbons (Fsp3) is 0.333. The first-order chi connectivity index (χ1) is 10.1. The van der Waals surface area contributed by atoms with Gasteiger partial charge in [-0.1, -0.05) is 24.3 Å². The van der Waals surface area contributed by atoms with Crippen LogP contribution in [0.3, 0.4) is 0 Å². The fourth-order valence-corrected chi connectivity index (χ4v) is 3.12. The number of phenols is 1. The lowest BCUT2D eigenvalue weighted by atomic mass is 9.95. The van der Waals surface area contributed by atoms with E-state index in [0.29, 0.717) is 11.6 Å². The molecule has 2 unspecified atom stereocenters. The number of hydrogen-bond acceptors (Lipinski definition) is 3. The first kappa shape index (κ1) is 14.0. The minimum Gasteiger partial charge on any atom is -0.507 e. The highest BCUT2D eigenvalue weighted by Gasteiger charge is 2.24. The number of nitrogens with zero attached hydrogens (tertiary/aromatic N) is 1. The summed E-state index contributed by atoms with van der Waals surface area (Å²) >= 11 is 0. The smallest absolute Gasteiger partial charge is 0.123 e. The second-order valence-electron chi connectivity index (χ2n) is 5.81. The number of hydrogen-bond donors (Lipinski definition) is 2. The maximum Gasteiger partial charge on any atom is 0.123 e. The van der Waals surface area contributed by atoms with Crippen LogP contribution in [0.2, 0.25) is 0 Å². The van der Waals surface area contributed by atoms with E-state index in [1.807, 2.05) is 12.1 Å². The number of rotatable bonds is 2. The topological polar surface area (TPSA) is 43.7 Å². The normalized spacial score (nSPS) is 19.2. The average molecular weight is 283 g/mol. The molecule has 0 radical (unpaired) electrons. The van der Waals surface area contributed by atoms with Crippen LogP contribution in [0.25, 0.3) is 0 Å². The lowest BCUT2D eigenvalue weighted by molar-refractivity contribution is 0.195. The Morgan fingerprint density at radius 2 is 1.95 bits per heavy atom. The van der Waals surface area contributed by atoms with Gasteiger partial charge in [-0.15, -0.1) is 0 Å². The van der Waals surface area contributed by atoms with E-state index in [-0.39, 0.29) is 5.75 Å². The van der Waals surface area contributed by atoms with Crippen molar-refractivity contribution < 1.29 is 10.2 Å². The monoisotopic (exact) mass is 283 g/mol. The molecular formula is C18H21NO2. The van der Waals surface area contributed by atoms with Crippen molar-refractivity contribution in [1.29, 1.82) is 0 Å². The maximum absolute atomic E-state index is 10.1. The Labute approximate surface area is 125 Å². The lowest BCUT2D eigenvalue weighted by Crippen LogP contribution is -2.33. The highest BCUT2D eigenvalue weighted by atomic mass is 16.3. The number of anilines is 2. The molecule has 3 nitrogen and oxygen atoms in total. The van der Waals surface area contributed by atoms with Crippen LogP contribution < -0.4 is 4.90 Å². The third-order valence-electron chi connectivity index (χ3n) is 4.27. The second-order valence-corrected chi connectivity index (χ2v) is 5.81. The molecule has 0 bridgehead atoms. The van der Waals surface area contributed by atoms with E-state index >= 15 is 0 Å². The predicted molar refractivity (Wildman–Crippen MR) is 85.1 cm³/mol. The van der Waals surface area contributed by atoms with Crippen LogP contribution in [0.15, 0.2) is 42.5 Å². The average Bonchev–Trinajstić information content (AvgIpc) is 2.46. The molecule has 110 valence electrons. The lowest BCUT2D eigenvalue weighted by Gasteiger charge is -2.37. The van der Waals surface area contributed by atoms with E-state index in [2.05, 4.69) is 30.0 Å². The summed E-state index contributed by atoms with van der Waals surface area (Å²) in [6.07, 6.45) is 1.52. The van der Waals surface area contributed by atoms with Crippen LogP contribution in [-0.2, 0) is 6.42 Å². The molecule has 0 spiro atoms. The number of aromatic hydroxyl groups is 1. The highest BCUT2D eigenvalue weighted by molar-refractivity contribution is 5.70. The zero-order chi connectivity index (χ0) is 15.0. The molecule has 0 aliphatic carbocycles. The van der Waals surface area contributed by atoms with Gasteiger partial charge in [-0.2, -0.15) is 0 Å². The van der Waals surface area contributed by atoms with Gasteiger partial charge >= 0.3 is 0 Å². The number of aryl methyl sites for hydroxylation is 1. The van der Waals surface area contributed by atoms with Crippen molar-refractivity contribution in [3.8, 4) is 5.75 Å². The number of fused-ring (bicyclic) bond motifs is 1. The summed E-state index contributed by atoms with van der Waals surface area (Å²) in [5, 5.41) is 19.8. The number of benzene rings is 2. The zero-order valence-corrected chi connectivity index (χ0v) is 12.5. The Morgan fingerprint density at radius 1 is 1.19 bits per heavy atom. The van der Waals surface area contributed by atoms with Gasteiger partial charge < -0.3 is 15.1 Å². The van der Waals surface area contributed by atoms with Crippen LogP contribution in [0.4, 0.5) is 11.4 Å². The number of para-hydroxylation sites is 1. The summed E-state index contributed by atoms with van der Waals surface area (Å²) in [6, 6.07) is 14.3. The molecule has 2 atom stereocenters. The molecule has 3 rings (SSSR count). The van der Waals surface area contributed by atoms with E-state index in [0.717, 1.165) is 18.5 Å². The largest absolute Gasteiger partial charge is 0.507 e. The van der Waals surface area contributed by atoms with Crippen molar-refractivity contribution >= 4 is 11.4 Å². The number of aliphatic hydroxyl groups excluding tert-OH is 1. The molecule has 1 aliphatic heterocycles. The third kappa shape index (κ3) is 2.49. The van der Waals surface area contributed by atoms with E-state index in [9.17, 15) is 10.2 Å². The summed E-state index contributed by atoms with van der Waals surface area (Å²) in [4.78, 5) is 2.27. The van der Waals surface area contributed by atoms with Crippen molar-refractivity contribution in [2.24, 2.45) is 0 Å². The van der Waals surface area contributed by atoms with Crippen LogP contribution in [0.5, 0.6) is 5.75 Å². The van der Waals surface area contributed by atoms with Gasteiger partial charge in [0.05, 0.1) is 6.10 Å². The van der Waals surface area contributed by atoms with Crippen molar-refractivity contribution in [3.63, 3.8) is 0 Å². The molecule has 2 aromatic carbocycles. The first-order valence-corrected chi connectivity index (χ1v) is 7.46. The molecule has 21 heavy (non-hydrogen) atoms. The van der Waals surface area contributed by atoms with Crippen molar-refractivity contribution in [1.82, 2.24) is 0 Å². The SMILES string of the molecule is CC(O)c1ccc(N2c3ccccc3CCC2C)cc1O. The van der Waals surface area contributed by atoms with E-state index in [4.69, 9.17) is 0 Å². The Bertz CT molecular complexity index is 651. The van der Waals surface area contributed by atoms with Crippen molar-refractivity contribution in [2.75, 3.05) is 4.90 Å². The maximum atomic E-state index is 10.1. The molecule has 2 N–H and O–H groups in total. The zero-order valence-electron chi connectivity index (χ0n) is 12.5. The van der Waals surface area contributed by atoms with E-state index < -0.39 is 6.10 Å². The molecule has 3 heteroatoms. The molecule has 0 amide bonds. The Balaban J connectivity index is 2.05. The predicted octanol–water partition coefficient (Wildman–Crippen LogP) is 3.92. The summed E-state index contributed by atoms with van der Waals surface area (Å²) < 4.78 is 0. The minimum atomic E-state index is -0.662. The van der Waals surface area contributed by atoms with Gasteiger partial charge in [-0.3, -0.25) is 0 Å². The Hall–Kier alpha value is -2.00. The molecule has 1 heterocycles. The summed E-state index contributed by atoms with van der Waals surface area (Å²) in [7, 11) is 0. The minimum absolute atomic E-state index is 0.151. The molecule has 0 fully saturated rings. The molecule has 1 aliphatic rings. The van der Waals surface area contributed by atoms with Crippen LogP contribution >= 0.6 is 0 Å². The summed E-state index contributed by atoms with van der Waals surface area (Å²) in [6.45, 7) is 3.86. The van der Waals surface area contributed by atoms with Crippen molar-refractivity contribution in [3.05, 3.63) is 53.6 Å². The second kappa shape index (κ2) is 5.41. The molecule has 0 aromatic heterocycles. The molecular weight excluding hydrogens is 262 g/mol. The first-order valence-electron chi connectivity index (χ1n) is 7.46. The standard InChI is InChI=1S/C18H21NO2/c1-12-7-8-14-5-3-4-6-17(14)19(12)15-9-10-16(13(2)20)18(21)11-15/h3-6,9-13,20-21H,7-8H2,1-2H3. The fourth-order valence-electron chi connectivity index (χ4n) is 3.12. The van der Waals surface area contributed by atoms with E-state index in [1.54, 1.807) is 19.1 Å². The highest BCUT2D eigenvalue weighted by Crippen LogP contribution is 2.39. The van der Waals surface area contributed by atoms with Gasteiger partial charge in [0.1, 0.15) is 5.75 Å². The molecule has 0 saturated heterocycles. The third-order valence-corrected chi connectivity index (χ3v) is 4.27. The summed E-state index contributed by atoms with van der Waals surface area (Å²) in [5.74, 6) is 0.151. The van der Waals surface area contributed by atoms with E-state index in [1.165, 1.54) is 11.3 Å². The Morgan fingerprint density at radius 3 is 2.67 bits per heavy atom. The van der Waals surface area contributed by atoms with Crippen LogP contribution in [0, 0.1) is 0 Å². The van der Waals surface area contributed by atoms with Gasteiger partial charge in [0.2, 0.25) is 0 Å².